The minimum atomic E-state index is -0.0215. The monoisotopic (exact) mass is 286 g/mol. The number of benzene rings is 1. The van der Waals surface area contributed by atoms with Crippen LogP contribution in [0.2, 0.25) is 0 Å². The highest BCUT2D eigenvalue weighted by molar-refractivity contribution is 5.32. The number of rotatable bonds is 4. The van der Waals surface area contributed by atoms with E-state index in [0.29, 0.717) is 5.95 Å². The molecule has 1 heterocycles. The van der Waals surface area contributed by atoms with Gasteiger partial charge >= 0.3 is 12.0 Å². The normalized spacial score (nSPS) is 17.0. The van der Waals surface area contributed by atoms with Crippen LogP contribution >= 0.6 is 0 Å². The van der Waals surface area contributed by atoms with Crippen LogP contribution in [-0.4, -0.2) is 29.1 Å². The third-order valence-electron chi connectivity index (χ3n) is 3.56. The van der Waals surface area contributed by atoms with E-state index in [2.05, 4.69) is 38.5 Å². The summed E-state index contributed by atoms with van der Waals surface area (Å²) in [5, 5.41) is 2.88. The summed E-state index contributed by atoms with van der Waals surface area (Å²) in [4.78, 5) is 12.5. The fourth-order valence-corrected chi connectivity index (χ4v) is 2.55. The number of fused-ring (bicyclic) bond motifs is 1. The maximum atomic E-state index is 5.98. The molecule has 3 rings (SSSR count). The number of nitrogens with one attached hydrogen (secondary N) is 1. The van der Waals surface area contributed by atoms with Crippen molar-refractivity contribution >= 4 is 5.95 Å². The van der Waals surface area contributed by atoms with Crippen LogP contribution in [-0.2, 0) is 6.42 Å². The molecular weight excluding hydrogens is 268 g/mol. The molecule has 1 aromatic carbocycles. The van der Waals surface area contributed by atoms with Crippen LogP contribution in [0, 0.1) is 0 Å². The van der Waals surface area contributed by atoms with Gasteiger partial charge in [-0.25, -0.2) is 0 Å². The maximum absolute atomic E-state index is 5.98. The van der Waals surface area contributed by atoms with Gasteiger partial charge in [0.15, 0.2) is 0 Å². The molecule has 110 valence electrons. The van der Waals surface area contributed by atoms with Gasteiger partial charge in [0.25, 0.3) is 0 Å². The molecule has 0 spiro atoms. The lowest BCUT2D eigenvalue weighted by Crippen LogP contribution is -2.17. The fourth-order valence-electron chi connectivity index (χ4n) is 2.55. The Kier molecular flexibility index (Phi) is 3.85. The molecule has 0 saturated heterocycles. The summed E-state index contributed by atoms with van der Waals surface area (Å²) in [6.07, 6.45) is 3.13. The molecule has 1 aliphatic rings. The first-order valence-corrected chi connectivity index (χ1v) is 7.02. The lowest BCUT2D eigenvalue weighted by molar-refractivity contribution is 0.165. The molecule has 0 aliphatic heterocycles. The van der Waals surface area contributed by atoms with Crippen molar-refractivity contribution in [3.63, 3.8) is 0 Å². The minimum Gasteiger partial charge on any atom is -0.467 e. The quantitative estimate of drug-likeness (QED) is 0.930. The van der Waals surface area contributed by atoms with Gasteiger partial charge in [0.05, 0.1) is 7.11 Å². The zero-order valence-electron chi connectivity index (χ0n) is 12.2. The van der Waals surface area contributed by atoms with Crippen LogP contribution in [0.25, 0.3) is 0 Å². The van der Waals surface area contributed by atoms with Crippen LogP contribution in [0.1, 0.15) is 30.1 Å². The third kappa shape index (κ3) is 2.89. The Bertz CT molecular complexity index is 611. The van der Waals surface area contributed by atoms with E-state index in [0.717, 1.165) is 19.3 Å². The summed E-state index contributed by atoms with van der Waals surface area (Å²) < 4.78 is 11.1. The molecule has 1 N–H and O–H groups in total. The van der Waals surface area contributed by atoms with E-state index in [9.17, 15) is 0 Å². The maximum Gasteiger partial charge on any atom is 0.325 e. The number of aryl methyl sites for hydroxylation is 1. The van der Waals surface area contributed by atoms with E-state index in [1.807, 2.05) is 6.07 Å². The van der Waals surface area contributed by atoms with Gasteiger partial charge in [-0.05, 0) is 30.4 Å². The van der Waals surface area contributed by atoms with Crippen molar-refractivity contribution in [2.75, 3.05) is 19.5 Å². The van der Waals surface area contributed by atoms with Gasteiger partial charge < -0.3 is 14.8 Å². The minimum absolute atomic E-state index is 0.0215. The number of methoxy groups -OCH3 is 1. The van der Waals surface area contributed by atoms with E-state index < -0.39 is 0 Å². The van der Waals surface area contributed by atoms with Crippen LogP contribution in [0.15, 0.2) is 24.3 Å². The summed E-state index contributed by atoms with van der Waals surface area (Å²) in [5.41, 5.74) is 2.55. The largest absolute Gasteiger partial charge is 0.467 e. The summed E-state index contributed by atoms with van der Waals surface area (Å²) >= 11 is 0. The molecule has 1 unspecified atom stereocenters. The molecule has 0 saturated carbocycles. The van der Waals surface area contributed by atoms with Crippen molar-refractivity contribution in [1.82, 2.24) is 15.0 Å². The molecule has 0 fully saturated rings. The predicted octanol–water partition coefficient (Wildman–Crippen LogP) is 2.38. The second kappa shape index (κ2) is 5.95. The first-order chi connectivity index (χ1) is 10.3. The van der Waals surface area contributed by atoms with Crippen LogP contribution in [0.4, 0.5) is 5.95 Å². The molecule has 1 atom stereocenters. The molecule has 2 aromatic rings. The van der Waals surface area contributed by atoms with E-state index in [1.54, 1.807) is 7.05 Å². The van der Waals surface area contributed by atoms with Gasteiger partial charge in [0, 0.05) is 7.05 Å². The number of hydrogen-bond donors (Lipinski definition) is 1. The summed E-state index contributed by atoms with van der Waals surface area (Å²) in [7, 11) is 3.27. The average Bonchev–Trinajstić information content (AvgIpc) is 2.55. The molecule has 0 radical (unpaired) electrons. The Balaban J connectivity index is 1.87. The first kappa shape index (κ1) is 13.6. The molecule has 6 heteroatoms. The Morgan fingerprint density at radius 2 is 1.95 bits per heavy atom. The van der Waals surface area contributed by atoms with Crippen molar-refractivity contribution < 1.29 is 9.47 Å². The molecule has 1 aliphatic carbocycles. The van der Waals surface area contributed by atoms with Crippen LogP contribution in [0.3, 0.4) is 0 Å². The van der Waals surface area contributed by atoms with Gasteiger partial charge in [0.2, 0.25) is 5.95 Å². The number of anilines is 1. The Morgan fingerprint density at radius 3 is 2.76 bits per heavy atom. The van der Waals surface area contributed by atoms with E-state index in [1.165, 1.54) is 18.2 Å². The van der Waals surface area contributed by atoms with Crippen LogP contribution < -0.4 is 14.8 Å². The molecule has 0 amide bonds. The Hall–Kier alpha value is -2.37. The molecular formula is C15H18N4O2. The highest BCUT2D eigenvalue weighted by atomic mass is 16.5. The summed E-state index contributed by atoms with van der Waals surface area (Å²) in [6.45, 7) is 0. The molecule has 21 heavy (non-hydrogen) atoms. The first-order valence-electron chi connectivity index (χ1n) is 7.02. The van der Waals surface area contributed by atoms with Crippen LogP contribution in [0.5, 0.6) is 12.0 Å². The number of hydrogen-bond acceptors (Lipinski definition) is 6. The molecule has 0 bridgehead atoms. The van der Waals surface area contributed by atoms with Gasteiger partial charge in [-0.2, -0.15) is 9.97 Å². The lowest BCUT2D eigenvalue weighted by Gasteiger charge is -2.25. The average molecular weight is 286 g/mol. The highest BCUT2D eigenvalue weighted by Crippen LogP contribution is 2.32. The van der Waals surface area contributed by atoms with Gasteiger partial charge in [-0.3, -0.25) is 0 Å². The topological polar surface area (TPSA) is 69.2 Å². The molecule has 1 aromatic heterocycles. The van der Waals surface area contributed by atoms with Crippen molar-refractivity contribution in [3.8, 4) is 12.0 Å². The smallest absolute Gasteiger partial charge is 0.325 e. The summed E-state index contributed by atoms with van der Waals surface area (Å²) in [5.74, 6) is 0.431. The highest BCUT2D eigenvalue weighted by Gasteiger charge is 2.22. The Morgan fingerprint density at radius 1 is 1.14 bits per heavy atom. The van der Waals surface area contributed by atoms with Crippen molar-refractivity contribution in [3.05, 3.63) is 35.4 Å². The number of ether oxygens (including phenoxy) is 2. The van der Waals surface area contributed by atoms with Crippen molar-refractivity contribution in [1.29, 1.82) is 0 Å². The Labute approximate surface area is 123 Å². The second-order valence-electron chi connectivity index (χ2n) is 4.88. The fraction of sp³-hybridized carbons (Fsp3) is 0.400. The van der Waals surface area contributed by atoms with Gasteiger partial charge in [-0.15, -0.1) is 4.98 Å². The third-order valence-corrected chi connectivity index (χ3v) is 3.56. The van der Waals surface area contributed by atoms with Crippen molar-refractivity contribution in [2.24, 2.45) is 0 Å². The van der Waals surface area contributed by atoms with E-state index >= 15 is 0 Å². The van der Waals surface area contributed by atoms with Gasteiger partial charge in [0.1, 0.15) is 6.10 Å². The zero-order valence-corrected chi connectivity index (χ0v) is 12.2. The SMILES string of the molecule is CNc1nc(OC)nc(OC2CCCc3ccccc32)n1. The number of nitrogens with zero attached hydrogens (tertiary/aromatic N) is 3. The second-order valence-corrected chi connectivity index (χ2v) is 4.88. The summed E-state index contributed by atoms with van der Waals surface area (Å²) in [6, 6.07) is 8.88. The predicted molar refractivity (Wildman–Crippen MR) is 78.7 cm³/mol. The van der Waals surface area contributed by atoms with E-state index in [4.69, 9.17) is 9.47 Å². The van der Waals surface area contributed by atoms with Crippen molar-refractivity contribution in [2.45, 2.75) is 25.4 Å². The van der Waals surface area contributed by atoms with Gasteiger partial charge in [-0.1, -0.05) is 24.3 Å². The lowest BCUT2D eigenvalue weighted by atomic mass is 9.89. The molecule has 6 nitrogen and oxygen atoms in total. The standard InChI is InChI=1S/C15H18N4O2/c1-16-13-17-14(20-2)19-15(18-13)21-12-9-5-7-10-6-3-4-8-11(10)12/h3-4,6,8,12H,5,7,9H2,1-2H3,(H,16,17,18,19). The van der Waals surface area contributed by atoms with E-state index in [-0.39, 0.29) is 18.1 Å². The zero-order chi connectivity index (χ0) is 14.7. The number of aromatic nitrogens is 3.